The summed E-state index contributed by atoms with van der Waals surface area (Å²) in [7, 11) is 2.21. The average Bonchev–Trinajstić information content (AvgIpc) is 2.43. The number of hydrogen-bond acceptors (Lipinski definition) is 3. The normalized spacial score (nSPS) is 17.0. The van der Waals surface area contributed by atoms with Crippen molar-refractivity contribution >= 4 is 30.7 Å². The largest absolute Gasteiger partial charge is 0.356 e. The number of nitrogens with one attached hydrogen (secondary N) is 1. The molecule has 0 spiro atoms. The molecular formula is C14H31Cl2N3O. The summed E-state index contributed by atoms with van der Waals surface area (Å²) < 4.78 is 0. The lowest BCUT2D eigenvalue weighted by Crippen LogP contribution is -2.37. The molecule has 1 saturated carbocycles. The minimum Gasteiger partial charge on any atom is -0.356 e. The summed E-state index contributed by atoms with van der Waals surface area (Å²) in [5.41, 5.74) is 5.45. The molecule has 0 radical (unpaired) electrons. The van der Waals surface area contributed by atoms with Crippen LogP contribution in [0, 0.1) is 5.92 Å². The van der Waals surface area contributed by atoms with Gasteiger partial charge in [0, 0.05) is 25.0 Å². The second kappa shape index (κ2) is 12.7. The molecule has 0 aromatic carbocycles. The molecule has 1 aliphatic carbocycles. The number of nitrogens with two attached hydrogens (primary N) is 1. The fourth-order valence-corrected chi connectivity index (χ4v) is 2.53. The van der Waals surface area contributed by atoms with Crippen LogP contribution in [0.1, 0.15) is 45.4 Å². The quantitative estimate of drug-likeness (QED) is 0.705. The number of amides is 1. The molecular weight excluding hydrogens is 297 g/mol. The summed E-state index contributed by atoms with van der Waals surface area (Å²) in [5, 5.41) is 2.95. The topological polar surface area (TPSA) is 58.4 Å². The zero-order valence-electron chi connectivity index (χ0n) is 12.8. The van der Waals surface area contributed by atoms with Crippen LogP contribution in [-0.2, 0) is 4.79 Å². The maximum Gasteiger partial charge on any atom is 0.224 e. The lowest BCUT2D eigenvalue weighted by molar-refractivity contribution is -0.124. The Hall–Kier alpha value is -0.0300. The number of carbonyl (C=O) groups excluding carboxylic acids is 1. The summed E-state index contributed by atoms with van der Waals surface area (Å²) in [6.45, 7) is 4.12. The van der Waals surface area contributed by atoms with E-state index in [1.165, 1.54) is 32.1 Å². The molecule has 0 heterocycles. The number of carbonyl (C=O) groups is 1. The van der Waals surface area contributed by atoms with Crippen LogP contribution in [0.5, 0.6) is 0 Å². The molecule has 0 aromatic rings. The predicted octanol–water partition coefficient (Wildman–Crippen LogP) is 2.20. The van der Waals surface area contributed by atoms with E-state index in [4.69, 9.17) is 5.73 Å². The Morgan fingerprint density at radius 2 is 1.90 bits per heavy atom. The summed E-state index contributed by atoms with van der Waals surface area (Å²) in [6.07, 6.45) is 7.85. The third-order valence-electron chi connectivity index (χ3n) is 3.99. The molecule has 1 rings (SSSR count). The minimum atomic E-state index is -0.0684. The van der Waals surface area contributed by atoms with Crippen molar-refractivity contribution in [2.75, 3.05) is 26.7 Å². The van der Waals surface area contributed by atoms with Crippen molar-refractivity contribution in [3.8, 4) is 0 Å². The molecule has 4 nitrogen and oxygen atoms in total. The number of rotatable bonds is 7. The Kier molecular flexibility index (Phi) is 14.1. The van der Waals surface area contributed by atoms with E-state index in [0.717, 1.165) is 25.6 Å². The first-order valence-corrected chi connectivity index (χ1v) is 7.33. The van der Waals surface area contributed by atoms with Gasteiger partial charge in [-0.3, -0.25) is 4.79 Å². The van der Waals surface area contributed by atoms with E-state index < -0.39 is 0 Å². The van der Waals surface area contributed by atoms with E-state index in [9.17, 15) is 4.79 Å². The van der Waals surface area contributed by atoms with Crippen LogP contribution in [-0.4, -0.2) is 43.5 Å². The van der Waals surface area contributed by atoms with Gasteiger partial charge in [-0.25, -0.2) is 0 Å². The van der Waals surface area contributed by atoms with Gasteiger partial charge in [-0.2, -0.15) is 0 Å². The van der Waals surface area contributed by atoms with Crippen LogP contribution in [0.2, 0.25) is 0 Å². The highest BCUT2D eigenvalue weighted by molar-refractivity contribution is 5.85. The number of hydrogen-bond donors (Lipinski definition) is 2. The van der Waals surface area contributed by atoms with Crippen molar-refractivity contribution in [2.45, 2.75) is 51.5 Å². The third kappa shape index (κ3) is 8.30. The molecule has 3 N–H and O–H groups in total. The van der Waals surface area contributed by atoms with E-state index >= 15 is 0 Å². The van der Waals surface area contributed by atoms with Gasteiger partial charge < -0.3 is 16.0 Å². The summed E-state index contributed by atoms with van der Waals surface area (Å²) >= 11 is 0. The minimum absolute atomic E-state index is 0. The highest BCUT2D eigenvalue weighted by Crippen LogP contribution is 2.21. The van der Waals surface area contributed by atoms with Gasteiger partial charge in [0.2, 0.25) is 5.91 Å². The fourth-order valence-electron chi connectivity index (χ4n) is 2.53. The van der Waals surface area contributed by atoms with Crippen molar-refractivity contribution in [1.29, 1.82) is 0 Å². The lowest BCUT2D eigenvalue weighted by Gasteiger charge is -2.31. The number of nitrogens with zero attached hydrogens (tertiary/aromatic N) is 1. The van der Waals surface area contributed by atoms with E-state index in [0.29, 0.717) is 6.54 Å². The SMILES string of the molecule is CC(CN)C(=O)NCCCN(C)C1CCCCC1.Cl.Cl. The molecule has 1 unspecified atom stereocenters. The summed E-state index contributed by atoms with van der Waals surface area (Å²) in [4.78, 5) is 14.0. The zero-order chi connectivity index (χ0) is 13.4. The van der Waals surface area contributed by atoms with E-state index in [1.807, 2.05) is 6.92 Å². The molecule has 0 aromatic heterocycles. The van der Waals surface area contributed by atoms with Crippen LogP contribution in [0.3, 0.4) is 0 Å². The fraction of sp³-hybridized carbons (Fsp3) is 0.929. The van der Waals surface area contributed by atoms with Gasteiger partial charge in [0.25, 0.3) is 0 Å². The maximum atomic E-state index is 11.5. The Balaban J connectivity index is 0. The van der Waals surface area contributed by atoms with Gasteiger partial charge >= 0.3 is 0 Å². The van der Waals surface area contributed by atoms with Gasteiger partial charge in [-0.15, -0.1) is 24.8 Å². The monoisotopic (exact) mass is 327 g/mol. The van der Waals surface area contributed by atoms with Crippen molar-refractivity contribution in [2.24, 2.45) is 11.7 Å². The average molecular weight is 328 g/mol. The molecule has 6 heteroatoms. The molecule has 1 fully saturated rings. The number of halogens is 2. The first-order valence-electron chi connectivity index (χ1n) is 7.33. The highest BCUT2D eigenvalue weighted by Gasteiger charge is 2.17. The lowest BCUT2D eigenvalue weighted by atomic mass is 9.94. The molecule has 122 valence electrons. The Labute approximate surface area is 136 Å². The van der Waals surface area contributed by atoms with Crippen LogP contribution >= 0.6 is 24.8 Å². The Bertz CT molecular complexity index is 249. The molecule has 0 saturated heterocycles. The molecule has 0 bridgehead atoms. The molecule has 1 aliphatic rings. The van der Waals surface area contributed by atoms with Gasteiger partial charge in [-0.05, 0) is 32.9 Å². The summed E-state index contributed by atoms with van der Waals surface area (Å²) in [6, 6.07) is 0.761. The van der Waals surface area contributed by atoms with Crippen molar-refractivity contribution in [1.82, 2.24) is 10.2 Å². The van der Waals surface area contributed by atoms with Crippen LogP contribution in [0.15, 0.2) is 0 Å². The zero-order valence-corrected chi connectivity index (χ0v) is 14.4. The molecule has 1 amide bonds. The van der Waals surface area contributed by atoms with Crippen LogP contribution in [0.4, 0.5) is 0 Å². The van der Waals surface area contributed by atoms with E-state index in [-0.39, 0.29) is 36.6 Å². The van der Waals surface area contributed by atoms with Crippen molar-refractivity contribution in [3.05, 3.63) is 0 Å². The van der Waals surface area contributed by atoms with Crippen LogP contribution in [0.25, 0.3) is 0 Å². The third-order valence-corrected chi connectivity index (χ3v) is 3.99. The predicted molar refractivity (Wildman–Crippen MR) is 89.8 cm³/mol. The van der Waals surface area contributed by atoms with E-state index in [1.54, 1.807) is 0 Å². The standard InChI is InChI=1S/C14H29N3O.2ClH/c1-12(11-15)14(18)16-9-6-10-17(2)13-7-4-3-5-8-13;;/h12-13H,3-11,15H2,1-2H3,(H,16,18);2*1H. The smallest absolute Gasteiger partial charge is 0.224 e. The first kappa shape index (κ1) is 22.3. The van der Waals surface area contributed by atoms with Gasteiger partial charge in [0.1, 0.15) is 0 Å². The van der Waals surface area contributed by atoms with Crippen molar-refractivity contribution < 1.29 is 4.79 Å². The Morgan fingerprint density at radius 3 is 2.45 bits per heavy atom. The molecule has 0 aliphatic heterocycles. The van der Waals surface area contributed by atoms with Gasteiger partial charge in [0.05, 0.1) is 0 Å². The second-order valence-corrected chi connectivity index (χ2v) is 5.55. The van der Waals surface area contributed by atoms with Crippen molar-refractivity contribution in [3.63, 3.8) is 0 Å². The maximum absolute atomic E-state index is 11.5. The molecule has 1 atom stereocenters. The van der Waals surface area contributed by atoms with E-state index in [2.05, 4.69) is 17.3 Å². The van der Waals surface area contributed by atoms with Crippen LogP contribution < -0.4 is 11.1 Å². The first-order chi connectivity index (χ1) is 8.65. The molecule has 20 heavy (non-hydrogen) atoms. The van der Waals surface area contributed by atoms with Gasteiger partial charge in [0.15, 0.2) is 0 Å². The highest BCUT2D eigenvalue weighted by atomic mass is 35.5. The second-order valence-electron chi connectivity index (χ2n) is 5.55. The summed E-state index contributed by atoms with van der Waals surface area (Å²) in [5.74, 6) is 0.0129. The Morgan fingerprint density at radius 1 is 1.30 bits per heavy atom. The van der Waals surface area contributed by atoms with Gasteiger partial charge in [-0.1, -0.05) is 26.2 Å².